The van der Waals surface area contributed by atoms with Crippen molar-refractivity contribution in [2.45, 2.75) is 26.3 Å². The van der Waals surface area contributed by atoms with E-state index in [1.54, 1.807) is 0 Å². The van der Waals surface area contributed by atoms with Crippen LogP contribution in [0.5, 0.6) is 0 Å². The fraction of sp³-hybridized carbons (Fsp3) is 0.733. The Morgan fingerprint density at radius 2 is 1.89 bits per heavy atom. The Morgan fingerprint density at radius 3 is 2.58 bits per heavy atom. The fourth-order valence-electron chi connectivity index (χ4n) is 2.42. The van der Waals surface area contributed by atoms with E-state index in [4.69, 9.17) is 4.42 Å². The summed E-state index contributed by atoms with van der Waals surface area (Å²) in [6.45, 7) is 10.1. The Kier molecular flexibility index (Phi) is 5.89. The Balaban J connectivity index is 1.52. The smallest absolute Gasteiger partial charge is 0.117 e. The van der Waals surface area contributed by atoms with Gasteiger partial charge in [-0.15, -0.1) is 0 Å². The molecule has 0 aliphatic carbocycles. The lowest BCUT2D eigenvalue weighted by atomic mass is 10.3. The van der Waals surface area contributed by atoms with Crippen molar-refractivity contribution in [3.63, 3.8) is 0 Å². The SMILES string of the molecule is CCc1ccc(CNCCCN2CCN(C)CC2)o1. The van der Waals surface area contributed by atoms with Crippen LogP contribution < -0.4 is 5.32 Å². The van der Waals surface area contributed by atoms with Crippen LogP contribution in [0.3, 0.4) is 0 Å². The minimum Gasteiger partial charge on any atom is -0.465 e. The first-order valence-corrected chi connectivity index (χ1v) is 7.47. The van der Waals surface area contributed by atoms with Crippen LogP contribution in [0.15, 0.2) is 16.5 Å². The maximum Gasteiger partial charge on any atom is 0.117 e. The van der Waals surface area contributed by atoms with Crippen molar-refractivity contribution >= 4 is 0 Å². The van der Waals surface area contributed by atoms with E-state index in [1.165, 1.54) is 39.1 Å². The first-order valence-electron chi connectivity index (χ1n) is 7.47. The third-order valence-electron chi connectivity index (χ3n) is 3.79. The molecule has 1 aromatic rings. The number of hydrogen-bond acceptors (Lipinski definition) is 4. The van der Waals surface area contributed by atoms with E-state index in [0.717, 1.165) is 31.0 Å². The van der Waals surface area contributed by atoms with E-state index >= 15 is 0 Å². The summed E-state index contributed by atoms with van der Waals surface area (Å²) in [6.07, 6.45) is 2.19. The molecule has 0 aromatic carbocycles. The molecule has 2 rings (SSSR count). The van der Waals surface area contributed by atoms with Gasteiger partial charge in [0, 0.05) is 32.6 Å². The largest absolute Gasteiger partial charge is 0.465 e. The van der Waals surface area contributed by atoms with Crippen molar-refractivity contribution in [3.8, 4) is 0 Å². The lowest BCUT2D eigenvalue weighted by molar-refractivity contribution is 0.152. The highest BCUT2D eigenvalue weighted by molar-refractivity contribution is 5.06. The van der Waals surface area contributed by atoms with Gasteiger partial charge in [-0.2, -0.15) is 0 Å². The minimum absolute atomic E-state index is 0.850. The second-order valence-corrected chi connectivity index (χ2v) is 5.40. The zero-order valence-electron chi connectivity index (χ0n) is 12.3. The molecule has 1 N–H and O–H groups in total. The van der Waals surface area contributed by atoms with E-state index in [0.29, 0.717) is 0 Å². The zero-order valence-corrected chi connectivity index (χ0v) is 12.3. The number of likely N-dealkylation sites (N-methyl/N-ethyl adjacent to an activating group) is 1. The fourth-order valence-corrected chi connectivity index (χ4v) is 2.42. The number of rotatable bonds is 7. The summed E-state index contributed by atoms with van der Waals surface area (Å²) in [5, 5.41) is 3.46. The molecule has 1 aliphatic rings. The summed E-state index contributed by atoms with van der Waals surface area (Å²) in [6, 6.07) is 4.15. The minimum atomic E-state index is 0.850. The Labute approximate surface area is 116 Å². The molecule has 1 fully saturated rings. The van der Waals surface area contributed by atoms with Crippen LogP contribution in [-0.2, 0) is 13.0 Å². The number of hydrogen-bond donors (Lipinski definition) is 1. The van der Waals surface area contributed by atoms with E-state index in [1.807, 2.05) is 0 Å². The topological polar surface area (TPSA) is 31.6 Å². The van der Waals surface area contributed by atoms with Gasteiger partial charge in [0.1, 0.15) is 11.5 Å². The van der Waals surface area contributed by atoms with Crippen LogP contribution in [0, 0.1) is 0 Å². The molecule has 108 valence electrons. The van der Waals surface area contributed by atoms with Crippen LogP contribution in [0.1, 0.15) is 24.9 Å². The Hall–Kier alpha value is -0.840. The predicted octanol–water partition coefficient (Wildman–Crippen LogP) is 1.57. The Morgan fingerprint density at radius 1 is 1.16 bits per heavy atom. The third-order valence-corrected chi connectivity index (χ3v) is 3.79. The molecule has 0 bridgehead atoms. The van der Waals surface area contributed by atoms with Gasteiger partial charge in [-0.05, 0) is 38.7 Å². The molecule has 4 heteroatoms. The van der Waals surface area contributed by atoms with Gasteiger partial charge in [0.05, 0.1) is 6.54 Å². The molecular formula is C15H27N3O. The highest BCUT2D eigenvalue weighted by atomic mass is 16.3. The number of furan rings is 1. The molecule has 0 saturated carbocycles. The second kappa shape index (κ2) is 7.68. The van der Waals surface area contributed by atoms with Crippen LogP contribution in [-0.4, -0.2) is 56.1 Å². The molecule has 0 spiro atoms. The molecular weight excluding hydrogens is 238 g/mol. The van der Waals surface area contributed by atoms with Crippen molar-refractivity contribution in [1.29, 1.82) is 0 Å². The van der Waals surface area contributed by atoms with E-state index in [9.17, 15) is 0 Å². The first-order chi connectivity index (χ1) is 9.28. The molecule has 4 nitrogen and oxygen atoms in total. The van der Waals surface area contributed by atoms with Gasteiger partial charge < -0.3 is 19.5 Å². The van der Waals surface area contributed by atoms with Gasteiger partial charge in [-0.3, -0.25) is 0 Å². The molecule has 2 heterocycles. The van der Waals surface area contributed by atoms with Crippen molar-refractivity contribution in [1.82, 2.24) is 15.1 Å². The van der Waals surface area contributed by atoms with E-state index in [-0.39, 0.29) is 0 Å². The average Bonchev–Trinajstić information content (AvgIpc) is 2.88. The highest BCUT2D eigenvalue weighted by Gasteiger charge is 2.12. The quantitative estimate of drug-likeness (QED) is 0.758. The Bertz CT molecular complexity index is 356. The number of aryl methyl sites for hydroxylation is 1. The maximum atomic E-state index is 5.66. The zero-order chi connectivity index (χ0) is 13.5. The van der Waals surface area contributed by atoms with Crippen molar-refractivity contribution in [2.24, 2.45) is 0 Å². The molecule has 1 aliphatic heterocycles. The number of nitrogens with one attached hydrogen (secondary N) is 1. The average molecular weight is 265 g/mol. The van der Waals surface area contributed by atoms with Crippen LogP contribution in [0.25, 0.3) is 0 Å². The number of piperazine rings is 1. The monoisotopic (exact) mass is 265 g/mol. The van der Waals surface area contributed by atoms with Crippen LogP contribution in [0.4, 0.5) is 0 Å². The van der Waals surface area contributed by atoms with Gasteiger partial charge in [-0.25, -0.2) is 0 Å². The molecule has 0 radical (unpaired) electrons. The standard InChI is InChI=1S/C15H27N3O/c1-3-14-5-6-15(19-14)13-16-7-4-8-18-11-9-17(2)10-12-18/h5-6,16H,3-4,7-13H2,1-2H3. The van der Waals surface area contributed by atoms with Crippen molar-refractivity contribution in [3.05, 3.63) is 23.7 Å². The highest BCUT2D eigenvalue weighted by Crippen LogP contribution is 2.07. The molecule has 0 amide bonds. The van der Waals surface area contributed by atoms with Gasteiger partial charge >= 0.3 is 0 Å². The maximum absolute atomic E-state index is 5.66. The van der Waals surface area contributed by atoms with Crippen LogP contribution in [0.2, 0.25) is 0 Å². The van der Waals surface area contributed by atoms with E-state index in [2.05, 4.69) is 41.2 Å². The summed E-state index contributed by atoms with van der Waals surface area (Å²) in [5.41, 5.74) is 0. The van der Waals surface area contributed by atoms with Gasteiger partial charge in [-0.1, -0.05) is 6.92 Å². The van der Waals surface area contributed by atoms with Crippen molar-refractivity contribution < 1.29 is 4.42 Å². The summed E-state index contributed by atoms with van der Waals surface area (Å²) in [4.78, 5) is 4.96. The molecule has 0 atom stereocenters. The molecule has 1 aromatic heterocycles. The van der Waals surface area contributed by atoms with Gasteiger partial charge in [0.15, 0.2) is 0 Å². The molecule has 1 saturated heterocycles. The van der Waals surface area contributed by atoms with Crippen LogP contribution >= 0.6 is 0 Å². The third kappa shape index (κ3) is 4.97. The lowest BCUT2D eigenvalue weighted by Crippen LogP contribution is -2.45. The normalized spacial score (nSPS) is 18.0. The predicted molar refractivity (Wildman–Crippen MR) is 78.3 cm³/mol. The van der Waals surface area contributed by atoms with Gasteiger partial charge in [0.2, 0.25) is 0 Å². The van der Waals surface area contributed by atoms with Gasteiger partial charge in [0.25, 0.3) is 0 Å². The number of nitrogens with zero attached hydrogens (tertiary/aromatic N) is 2. The van der Waals surface area contributed by atoms with Crippen molar-refractivity contribution in [2.75, 3.05) is 46.3 Å². The summed E-state index contributed by atoms with van der Waals surface area (Å²) >= 11 is 0. The second-order valence-electron chi connectivity index (χ2n) is 5.40. The summed E-state index contributed by atoms with van der Waals surface area (Å²) in [5.74, 6) is 2.13. The summed E-state index contributed by atoms with van der Waals surface area (Å²) < 4.78 is 5.66. The lowest BCUT2D eigenvalue weighted by Gasteiger charge is -2.32. The molecule has 0 unspecified atom stereocenters. The van der Waals surface area contributed by atoms with E-state index < -0.39 is 0 Å². The summed E-state index contributed by atoms with van der Waals surface area (Å²) in [7, 11) is 2.20. The molecule has 19 heavy (non-hydrogen) atoms. The first kappa shape index (κ1) is 14.6.